The van der Waals surface area contributed by atoms with Crippen LogP contribution in [0.5, 0.6) is 5.75 Å². The average molecular weight is 345 g/mol. The minimum absolute atomic E-state index is 0.193. The first-order valence-electron chi connectivity index (χ1n) is 8.25. The molecule has 3 rings (SSSR count). The quantitative estimate of drug-likeness (QED) is 0.835. The van der Waals surface area contributed by atoms with Crippen molar-refractivity contribution >= 4 is 17.2 Å². The Bertz CT molecular complexity index is 660. The Hall–Kier alpha value is -1.92. The van der Waals surface area contributed by atoms with E-state index in [1.807, 2.05) is 34.7 Å². The lowest BCUT2D eigenvalue weighted by atomic mass is 10.1. The zero-order chi connectivity index (χ0) is 16.8. The van der Waals surface area contributed by atoms with Gasteiger partial charge in [0.2, 0.25) is 5.91 Å². The third-order valence-electron chi connectivity index (χ3n) is 4.30. The summed E-state index contributed by atoms with van der Waals surface area (Å²) >= 11 is 1.63. The first-order chi connectivity index (χ1) is 11.7. The molecule has 0 N–H and O–H groups in total. The topological polar surface area (TPSA) is 45.7 Å². The molecule has 1 aliphatic rings. The van der Waals surface area contributed by atoms with Crippen molar-refractivity contribution in [1.29, 1.82) is 0 Å². The van der Waals surface area contributed by atoms with Gasteiger partial charge in [-0.3, -0.25) is 9.69 Å². The fraction of sp³-hybridized carbons (Fsp3) is 0.444. The molecule has 0 atom stereocenters. The van der Waals surface area contributed by atoms with E-state index in [1.165, 1.54) is 0 Å². The SMILES string of the molecule is COc1cccc(CC(=O)N2CCCN(Cc3cscn3)CC2)c1. The fourth-order valence-corrected chi connectivity index (χ4v) is 3.54. The molecule has 1 aromatic heterocycles. The third-order valence-corrected chi connectivity index (χ3v) is 4.94. The standard InChI is InChI=1S/C18H23N3O2S/c1-23-17-5-2-4-15(10-17)11-18(22)21-7-3-6-20(8-9-21)12-16-13-24-14-19-16/h2,4-5,10,13-14H,3,6-9,11-12H2,1H3. The molecule has 1 aromatic carbocycles. The van der Waals surface area contributed by atoms with Crippen molar-refractivity contribution in [2.75, 3.05) is 33.3 Å². The molecule has 0 spiro atoms. The van der Waals surface area contributed by atoms with Crippen LogP contribution in [0.25, 0.3) is 0 Å². The highest BCUT2D eigenvalue weighted by Crippen LogP contribution is 2.15. The summed E-state index contributed by atoms with van der Waals surface area (Å²) in [5.74, 6) is 0.990. The van der Waals surface area contributed by atoms with E-state index in [0.717, 1.165) is 56.2 Å². The van der Waals surface area contributed by atoms with Gasteiger partial charge < -0.3 is 9.64 Å². The van der Waals surface area contributed by atoms with Crippen molar-refractivity contribution in [3.63, 3.8) is 0 Å². The van der Waals surface area contributed by atoms with E-state index < -0.39 is 0 Å². The molecule has 5 nitrogen and oxygen atoms in total. The lowest BCUT2D eigenvalue weighted by molar-refractivity contribution is -0.130. The highest BCUT2D eigenvalue weighted by atomic mass is 32.1. The van der Waals surface area contributed by atoms with E-state index in [-0.39, 0.29) is 5.91 Å². The van der Waals surface area contributed by atoms with Gasteiger partial charge in [-0.05, 0) is 24.1 Å². The normalized spacial score (nSPS) is 16.0. The zero-order valence-corrected chi connectivity index (χ0v) is 14.8. The Labute approximate surface area is 146 Å². The number of carbonyl (C=O) groups excluding carboxylic acids is 1. The Kier molecular flexibility index (Phi) is 5.82. The molecule has 6 heteroatoms. The Morgan fingerprint density at radius 2 is 2.21 bits per heavy atom. The van der Waals surface area contributed by atoms with Crippen molar-refractivity contribution in [2.24, 2.45) is 0 Å². The maximum Gasteiger partial charge on any atom is 0.227 e. The van der Waals surface area contributed by atoms with E-state index in [4.69, 9.17) is 4.74 Å². The number of rotatable bonds is 5. The number of nitrogens with zero attached hydrogens (tertiary/aromatic N) is 3. The molecule has 0 saturated carbocycles. The summed E-state index contributed by atoms with van der Waals surface area (Å²) in [4.78, 5) is 21.3. The number of ether oxygens (including phenoxy) is 1. The number of hydrogen-bond donors (Lipinski definition) is 0. The summed E-state index contributed by atoms with van der Waals surface area (Å²) in [6.07, 6.45) is 1.44. The third kappa shape index (κ3) is 4.55. The summed E-state index contributed by atoms with van der Waals surface area (Å²) < 4.78 is 5.23. The van der Waals surface area contributed by atoms with Gasteiger partial charge in [-0.2, -0.15) is 0 Å². The average Bonchev–Trinajstić information content (AvgIpc) is 2.99. The number of benzene rings is 1. The van der Waals surface area contributed by atoms with E-state index in [9.17, 15) is 4.79 Å². The van der Waals surface area contributed by atoms with Crippen molar-refractivity contribution in [3.8, 4) is 5.75 Å². The van der Waals surface area contributed by atoms with E-state index in [2.05, 4.69) is 15.3 Å². The lowest BCUT2D eigenvalue weighted by Gasteiger charge is -2.21. The van der Waals surface area contributed by atoms with Gasteiger partial charge in [0, 0.05) is 38.1 Å². The van der Waals surface area contributed by atoms with Crippen molar-refractivity contribution in [3.05, 3.63) is 46.4 Å². The summed E-state index contributed by atoms with van der Waals surface area (Å²) in [5, 5.41) is 2.09. The van der Waals surface area contributed by atoms with Crippen LogP contribution >= 0.6 is 11.3 Å². The predicted octanol–water partition coefficient (Wildman–Crippen LogP) is 2.43. The zero-order valence-electron chi connectivity index (χ0n) is 14.0. The van der Waals surface area contributed by atoms with Crippen LogP contribution < -0.4 is 4.74 Å². The molecule has 24 heavy (non-hydrogen) atoms. The number of methoxy groups -OCH3 is 1. The van der Waals surface area contributed by atoms with Crippen molar-refractivity contribution in [2.45, 2.75) is 19.4 Å². The smallest absolute Gasteiger partial charge is 0.227 e. The van der Waals surface area contributed by atoms with E-state index in [0.29, 0.717) is 6.42 Å². The van der Waals surface area contributed by atoms with E-state index >= 15 is 0 Å². The maximum absolute atomic E-state index is 12.6. The summed E-state index contributed by atoms with van der Waals surface area (Å²) in [7, 11) is 1.65. The van der Waals surface area contributed by atoms with Crippen LogP contribution in [-0.4, -0.2) is 54.0 Å². The first-order valence-corrected chi connectivity index (χ1v) is 9.19. The van der Waals surface area contributed by atoms with E-state index in [1.54, 1.807) is 18.4 Å². The summed E-state index contributed by atoms with van der Waals surface area (Å²) in [6.45, 7) is 4.41. The predicted molar refractivity (Wildman–Crippen MR) is 95.3 cm³/mol. The molecular formula is C18H23N3O2S. The highest BCUT2D eigenvalue weighted by Gasteiger charge is 2.19. The Balaban J connectivity index is 1.54. The number of amides is 1. The van der Waals surface area contributed by atoms with Gasteiger partial charge in [-0.15, -0.1) is 11.3 Å². The van der Waals surface area contributed by atoms with Crippen LogP contribution in [0.3, 0.4) is 0 Å². The van der Waals surface area contributed by atoms with Crippen LogP contribution in [0, 0.1) is 0 Å². The second-order valence-electron chi connectivity index (χ2n) is 6.02. The van der Waals surface area contributed by atoms with Gasteiger partial charge in [0.15, 0.2) is 0 Å². The molecule has 0 aliphatic carbocycles. The Morgan fingerprint density at radius 1 is 1.29 bits per heavy atom. The van der Waals surface area contributed by atoms with Crippen LogP contribution in [0.4, 0.5) is 0 Å². The van der Waals surface area contributed by atoms with Gasteiger partial charge in [-0.25, -0.2) is 4.98 Å². The second kappa shape index (κ2) is 8.26. The summed E-state index contributed by atoms with van der Waals surface area (Å²) in [5.41, 5.74) is 4.00. The molecule has 1 fully saturated rings. The summed E-state index contributed by atoms with van der Waals surface area (Å²) in [6, 6.07) is 7.74. The number of carbonyl (C=O) groups is 1. The van der Waals surface area contributed by atoms with Gasteiger partial charge in [0.05, 0.1) is 24.7 Å². The van der Waals surface area contributed by atoms with Crippen LogP contribution in [0.2, 0.25) is 0 Å². The molecule has 128 valence electrons. The molecular weight excluding hydrogens is 322 g/mol. The first kappa shape index (κ1) is 16.9. The fourth-order valence-electron chi connectivity index (χ4n) is 2.99. The molecule has 1 amide bonds. The number of aromatic nitrogens is 1. The Morgan fingerprint density at radius 3 is 3.00 bits per heavy atom. The molecule has 0 radical (unpaired) electrons. The van der Waals surface area contributed by atoms with Crippen molar-refractivity contribution in [1.82, 2.24) is 14.8 Å². The minimum atomic E-state index is 0.193. The molecule has 1 saturated heterocycles. The lowest BCUT2D eigenvalue weighted by Crippen LogP contribution is -2.36. The minimum Gasteiger partial charge on any atom is -0.497 e. The maximum atomic E-state index is 12.6. The van der Waals surface area contributed by atoms with Gasteiger partial charge in [0.1, 0.15) is 5.75 Å². The van der Waals surface area contributed by atoms with Gasteiger partial charge in [0.25, 0.3) is 0 Å². The van der Waals surface area contributed by atoms with Gasteiger partial charge >= 0.3 is 0 Å². The van der Waals surface area contributed by atoms with Gasteiger partial charge in [-0.1, -0.05) is 12.1 Å². The van der Waals surface area contributed by atoms with Crippen LogP contribution in [-0.2, 0) is 17.8 Å². The van der Waals surface area contributed by atoms with Crippen LogP contribution in [0.15, 0.2) is 35.2 Å². The monoisotopic (exact) mass is 345 g/mol. The highest BCUT2D eigenvalue weighted by molar-refractivity contribution is 7.07. The molecule has 2 heterocycles. The van der Waals surface area contributed by atoms with Crippen LogP contribution in [0.1, 0.15) is 17.7 Å². The largest absolute Gasteiger partial charge is 0.497 e. The number of hydrogen-bond acceptors (Lipinski definition) is 5. The van der Waals surface area contributed by atoms with Crippen molar-refractivity contribution < 1.29 is 9.53 Å². The number of thiazole rings is 1. The molecule has 1 aliphatic heterocycles. The molecule has 0 unspecified atom stereocenters. The molecule has 2 aromatic rings. The molecule has 0 bridgehead atoms. The second-order valence-corrected chi connectivity index (χ2v) is 6.74.